The molecule has 0 N–H and O–H groups in total. The highest BCUT2D eigenvalue weighted by Gasteiger charge is 2.04. The smallest absolute Gasteiger partial charge is 0.0929 e. The minimum Gasteiger partial charge on any atom is -0.379 e. The molecule has 1 aromatic rings. The van der Waals surface area contributed by atoms with Gasteiger partial charge in [0, 0.05) is 7.11 Å². The van der Waals surface area contributed by atoms with Crippen LogP contribution in [0, 0.1) is 6.92 Å². The first-order valence-corrected chi connectivity index (χ1v) is 4.53. The molecule has 0 aromatic carbocycles. The molecule has 0 bridgehead atoms. The van der Waals surface area contributed by atoms with Crippen molar-refractivity contribution in [1.82, 2.24) is 4.98 Å². The minimum absolute atomic E-state index is 0.698. The van der Waals surface area contributed by atoms with E-state index in [-0.39, 0.29) is 0 Å². The molecule has 0 aliphatic heterocycles. The average molecular weight is 171 g/mol. The van der Waals surface area contributed by atoms with E-state index in [0.717, 1.165) is 12.1 Å². The number of aromatic nitrogens is 1. The van der Waals surface area contributed by atoms with Crippen molar-refractivity contribution in [3.05, 3.63) is 15.6 Å². The Balaban J connectivity index is 2.79. The second-order valence-corrected chi connectivity index (χ2v) is 3.57. The van der Waals surface area contributed by atoms with Crippen LogP contribution < -0.4 is 0 Å². The number of thiazole rings is 1. The highest BCUT2D eigenvalue weighted by atomic mass is 32.1. The molecule has 0 atom stereocenters. The van der Waals surface area contributed by atoms with Gasteiger partial charge in [-0.1, -0.05) is 6.92 Å². The SMILES string of the molecule is CCc1nc(C)c(COC)s1. The summed E-state index contributed by atoms with van der Waals surface area (Å²) >= 11 is 1.75. The summed E-state index contributed by atoms with van der Waals surface area (Å²) in [7, 11) is 1.71. The summed E-state index contributed by atoms with van der Waals surface area (Å²) in [4.78, 5) is 5.64. The first-order valence-electron chi connectivity index (χ1n) is 3.72. The zero-order chi connectivity index (χ0) is 8.27. The van der Waals surface area contributed by atoms with Crippen molar-refractivity contribution in [3.63, 3.8) is 0 Å². The lowest BCUT2D eigenvalue weighted by molar-refractivity contribution is 0.187. The van der Waals surface area contributed by atoms with Crippen LogP contribution in [0.4, 0.5) is 0 Å². The van der Waals surface area contributed by atoms with E-state index in [2.05, 4.69) is 11.9 Å². The molecular weight excluding hydrogens is 158 g/mol. The molecule has 1 aromatic heterocycles. The number of ether oxygens (including phenoxy) is 1. The monoisotopic (exact) mass is 171 g/mol. The lowest BCUT2D eigenvalue weighted by Crippen LogP contribution is -1.85. The summed E-state index contributed by atoms with van der Waals surface area (Å²) in [5.74, 6) is 0. The Morgan fingerprint density at radius 2 is 2.27 bits per heavy atom. The molecule has 0 aliphatic rings. The quantitative estimate of drug-likeness (QED) is 0.695. The van der Waals surface area contributed by atoms with Gasteiger partial charge in [0.2, 0.25) is 0 Å². The Morgan fingerprint density at radius 1 is 1.55 bits per heavy atom. The zero-order valence-electron chi connectivity index (χ0n) is 7.18. The fraction of sp³-hybridized carbons (Fsp3) is 0.625. The Bertz CT molecular complexity index is 232. The van der Waals surface area contributed by atoms with E-state index in [4.69, 9.17) is 4.74 Å². The van der Waals surface area contributed by atoms with E-state index in [1.54, 1.807) is 18.4 Å². The van der Waals surface area contributed by atoms with E-state index in [1.807, 2.05) is 6.92 Å². The first-order chi connectivity index (χ1) is 5.27. The number of methoxy groups -OCH3 is 1. The third-order valence-corrected chi connectivity index (χ3v) is 2.79. The van der Waals surface area contributed by atoms with Gasteiger partial charge in [0.1, 0.15) is 0 Å². The first kappa shape index (κ1) is 8.68. The lowest BCUT2D eigenvalue weighted by atomic mass is 10.4. The fourth-order valence-electron chi connectivity index (χ4n) is 0.905. The second-order valence-electron chi connectivity index (χ2n) is 2.40. The van der Waals surface area contributed by atoms with Crippen LogP contribution in [0.1, 0.15) is 22.5 Å². The molecule has 1 rings (SSSR count). The molecule has 0 radical (unpaired) electrons. The van der Waals surface area contributed by atoms with Gasteiger partial charge in [-0.05, 0) is 13.3 Å². The van der Waals surface area contributed by atoms with Crippen molar-refractivity contribution in [2.45, 2.75) is 26.9 Å². The third kappa shape index (κ3) is 2.01. The Labute approximate surface area is 71.2 Å². The van der Waals surface area contributed by atoms with Gasteiger partial charge in [-0.15, -0.1) is 11.3 Å². The van der Waals surface area contributed by atoms with Crippen LogP contribution in [0.15, 0.2) is 0 Å². The topological polar surface area (TPSA) is 22.1 Å². The van der Waals surface area contributed by atoms with Crippen molar-refractivity contribution in [3.8, 4) is 0 Å². The summed E-state index contributed by atoms with van der Waals surface area (Å²) in [6.07, 6.45) is 1.02. The van der Waals surface area contributed by atoms with Gasteiger partial charge in [-0.25, -0.2) is 4.98 Å². The van der Waals surface area contributed by atoms with E-state index in [1.165, 1.54) is 9.88 Å². The van der Waals surface area contributed by atoms with Gasteiger partial charge >= 0.3 is 0 Å². The van der Waals surface area contributed by atoms with E-state index >= 15 is 0 Å². The molecule has 2 nitrogen and oxygen atoms in total. The minimum atomic E-state index is 0.698. The maximum atomic E-state index is 5.04. The van der Waals surface area contributed by atoms with Crippen molar-refractivity contribution >= 4 is 11.3 Å². The van der Waals surface area contributed by atoms with E-state index in [9.17, 15) is 0 Å². The molecule has 11 heavy (non-hydrogen) atoms. The highest BCUT2D eigenvalue weighted by Crippen LogP contribution is 2.18. The summed E-state index contributed by atoms with van der Waals surface area (Å²) in [6, 6.07) is 0. The lowest BCUT2D eigenvalue weighted by Gasteiger charge is -1.92. The van der Waals surface area contributed by atoms with Crippen molar-refractivity contribution in [1.29, 1.82) is 0 Å². The van der Waals surface area contributed by atoms with Gasteiger partial charge in [0.15, 0.2) is 0 Å². The number of rotatable bonds is 3. The number of aryl methyl sites for hydroxylation is 2. The third-order valence-electron chi connectivity index (χ3n) is 1.51. The summed E-state index contributed by atoms with van der Waals surface area (Å²) in [5, 5.41) is 1.20. The predicted octanol–water partition coefficient (Wildman–Crippen LogP) is 2.16. The standard InChI is InChI=1S/C8H13NOS/c1-4-8-9-6(2)7(11-8)5-10-3/h4-5H2,1-3H3. The molecule has 0 saturated carbocycles. The molecule has 3 heteroatoms. The van der Waals surface area contributed by atoms with Crippen LogP contribution in [0.3, 0.4) is 0 Å². The Morgan fingerprint density at radius 3 is 2.73 bits per heavy atom. The maximum absolute atomic E-state index is 5.04. The fourth-order valence-corrected chi connectivity index (χ4v) is 1.89. The zero-order valence-corrected chi connectivity index (χ0v) is 7.99. The van der Waals surface area contributed by atoms with Crippen LogP contribution in [0.25, 0.3) is 0 Å². The number of nitrogens with zero attached hydrogens (tertiary/aromatic N) is 1. The summed E-state index contributed by atoms with van der Waals surface area (Å²) < 4.78 is 5.04. The maximum Gasteiger partial charge on any atom is 0.0929 e. The largest absolute Gasteiger partial charge is 0.379 e. The van der Waals surface area contributed by atoms with E-state index < -0.39 is 0 Å². The van der Waals surface area contributed by atoms with Crippen molar-refractivity contribution < 1.29 is 4.74 Å². The average Bonchev–Trinajstić information content (AvgIpc) is 2.33. The van der Waals surface area contributed by atoms with Crippen molar-refractivity contribution in [2.75, 3.05) is 7.11 Å². The van der Waals surface area contributed by atoms with Crippen LogP contribution in [0.2, 0.25) is 0 Å². The Kier molecular flexibility index (Phi) is 3.02. The van der Waals surface area contributed by atoms with Crippen LogP contribution in [0.5, 0.6) is 0 Å². The van der Waals surface area contributed by atoms with E-state index in [0.29, 0.717) is 6.61 Å². The molecule has 0 aliphatic carbocycles. The van der Waals surface area contributed by atoms with Gasteiger partial charge in [0.05, 0.1) is 22.2 Å². The summed E-state index contributed by atoms with van der Waals surface area (Å²) in [5.41, 5.74) is 1.12. The van der Waals surface area contributed by atoms with Gasteiger partial charge in [0.25, 0.3) is 0 Å². The molecule has 62 valence electrons. The van der Waals surface area contributed by atoms with Crippen LogP contribution in [-0.4, -0.2) is 12.1 Å². The molecule has 0 unspecified atom stereocenters. The van der Waals surface area contributed by atoms with Crippen molar-refractivity contribution in [2.24, 2.45) is 0 Å². The highest BCUT2D eigenvalue weighted by molar-refractivity contribution is 7.11. The Hall–Kier alpha value is -0.410. The molecule has 1 heterocycles. The molecule has 0 saturated heterocycles. The normalized spacial score (nSPS) is 10.5. The van der Waals surface area contributed by atoms with Crippen LogP contribution in [-0.2, 0) is 17.8 Å². The van der Waals surface area contributed by atoms with Crippen LogP contribution >= 0.6 is 11.3 Å². The number of hydrogen-bond acceptors (Lipinski definition) is 3. The summed E-state index contributed by atoms with van der Waals surface area (Å²) in [6.45, 7) is 4.85. The molecule has 0 spiro atoms. The van der Waals surface area contributed by atoms with Gasteiger partial charge in [-0.2, -0.15) is 0 Å². The second kappa shape index (κ2) is 3.83. The number of hydrogen-bond donors (Lipinski definition) is 0. The molecule has 0 amide bonds. The van der Waals surface area contributed by atoms with Gasteiger partial charge < -0.3 is 4.74 Å². The molecular formula is C8H13NOS. The molecule has 0 fully saturated rings. The predicted molar refractivity (Wildman–Crippen MR) is 46.9 cm³/mol. The van der Waals surface area contributed by atoms with Gasteiger partial charge in [-0.3, -0.25) is 0 Å².